The third-order valence-electron chi connectivity index (χ3n) is 4.38. The van der Waals surface area contributed by atoms with Crippen molar-refractivity contribution in [3.8, 4) is 0 Å². The molecule has 0 radical (unpaired) electrons. The molecule has 0 aromatic heterocycles. The molecule has 0 spiro atoms. The predicted molar refractivity (Wildman–Crippen MR) is 89.4 cm³/mol. The number of nitrogens with zero attached hydrogens (tertiary/aromatic N) is 1. The van der Waals surface area contributed by atoms with E-state index in [2.05, 4.69) is 0 Å². The zero-order valence-electron chi connectivity index (χ0n) is 14.4. The molecule has 2 heterocycles. The van der Waals surface area contributed by atoms with Gasteiger partial charge in [-0.1, -0.05) is 36.4 Å². The second kappa shape index (κ2) is 5.96. The number of esters is 1. The number of carbonyl (C=O) groups excluding carboxylic acids is 2. The van der Waals surface area contributed by atoms with Gasteiger partial charge in [0, 0.05) is 13.1 Å². The fourth-order valence-electron chi connectivity index (χ4n) is 3.23. The van der Waals surface area contributed by atoms with E-state index in [9.17, 15) is 9.59 Å². The van der Waals surface area contributed by atoms with Crippen LogP contribution in [0, 0.1) is 5.41 Å². The van der Waals surface area contributed by atoms with Crippen molar-refractivity contribution < 1.29 is 19.1 Å². The van der Waals surface area contributed by atoms with Crippen molar-refractivity contribution in [3.63, 3.8) is 0 Å². The van der Waals surface area contributed by atoms with Gasteiger partial charge in [0.2, 0.25) is 0 Å². The molecule has 0 aliphatic carbocycles. The molecule has 0 N–H and O–H groups in total. The van der Waals surface area contributed by atoms with Crippen LogP contribution in [0.15, 0.2) is 42.0 Å². The van der Waals surface area contributed by atoms with Gasteiger partial charge in [0.1, 0.15) is 17.6 Å². The first-order valence-corrected chi connectivity index (χ1v) is 8.19. The van der Waals surface area contributed by atoms with Crippen LogP contribution in [0.2, 0.25) is 0 Å². The normalized spacial score (nSPS) is 23.4. The number of amides is 1. The van der Waals surface area contributed by atoms with Crippen LogP contribution in [-0.2, 0) is 20.7 Å². The van der Waals surface area contributed by atoms with Gasteiger partial charge in [0.15, 0.2) is 0 Å². The molecule has 3 rings (SSSR count). The van der Waals surface area contributed by atoms with Gasteiger partial charge in [-0.2, -0.15) is 0 Å². The molecule has 1 amide bonds. The number of rotatable bonds is 2. The van der Waals surface area contributed by atoms with Gasteiger partial charge in [-0.3, -0.25) is 4.79 Å². The fourth-order valence-corrected chi connectivity index (χ4v) is 3.23. The number of hydrogen-bond donors (Lipinski definition) is 0. The summed E-state index contributed by atoms with van der Waals surface area (Å²) in [4.78, 5) is 26.6. The maximum absolute atomic E-state index is 12.5. The molecule has 1 atom stereocenters. The smallest absolute Gasteiger partial charge is 0.410 e. The van der Waals surface area contributed by atoms with Crippen LogP contribution in [-0.4, -0.2) is 42.3 Å². The summed E-state index contributed by atoms with van der Waals surface area (Å²) in [7, 11) is 0. The van der Waals surface area contributed by atoms with Crippen molar-refractivity contribution in [2.45, 2.75) is 32.8 Å². The minimum atomic E-state index is -0.795. The lowest BCUT2D eigenvalue weighted by Crippen LogP contribution is -2.50. The summed E-state index contributed by atoms with van der Waals surface area (Å²) < 4.78 is 10.8. The molecule has 128 valence electrons. The van der Waals surface area contributed by atoms with Crippen molar-refractivity contribution in [3.05, 3.63) is 47.5 Å². The van der Waals surface area contributed by atoms with Gasteiger partial charge in [-0.05, 0) is 38.3 Å². The molecule has 24 heavy (non-hydrogen) atoms. The molecule has 2 aliphatic rings. The van der Waals surface area contributed by atoms with Gasteiger partial charge in [-0.15, -0.1) is 0 Å². The summed E-state index contributed by atoms with van der Waals surface area (Å²) in [5.41, 5.74) is 0.657. The Balaban J connectivity index is 1.86. The van der Waals surface area contributed by atoms with Gasteiger partial charge in [0.05, 0.1) is 0 Å². The third kappa shape index (κ3) is 3.16. The summed E-state index contributed by atoms with van der Waals surface area (Å²) in [6.07, 6.45) is 2.06. The Hall–Kier alpha value is -2.30. The topological polar surface area (TPSA) is 55.8 Å². The standard InChI is InChI=1S/C19H23NO4/c1-18(2,3)24-17(22)20-10-9-15-12-23-16(21)19(15,13-20)11-14-7-5-4-6-8-14/h4-9H,10-13H2,1-3H3. The molecule has 2 aliphatic heterocycles. The molecule has 1 aromatic rings. The van der Waals surface area contributed by atoms with Gasteiger partial charge < -0.3 is 14.4 Å². The molecular weight excluding hydrogens is 306 g/mol. The van der Waals surface area contributed by atoms with Crippen LogP contribution in [0.1, 0.15) is 26.3 Å². The average molecular weight is 329 g/mol. The lowest BCUT2D eigenvalue weighted by molar-refractivity contribution is -0.146. The van der Waals surface area contributed by atoms with Crippen molar-refractivity contribution in [2.24, 2.45) is 5.41 Å². The number of hydrogen-bond acceptors (Lipinski definition) is 4. The van der Waals surface area contributed by atoms with Crippen molar-refractivity contribution in [2.75, 3.05) is 19.7 Å². The largest absolute Gasteiger partial charge is 0.460 e. The summed E-state index contributed by atoms with van der Waals surface area (Å²) in [5.74, 6) is -0.258. The molecule has 5 heteroatoms. The van der Waals surface area contributed by atoms with Gasteiger partial charge >= 0.3 is 12.1 Å². The summed E-state index contributed by atoms with van der Waals surface area (Å²) >= 11 is 0. The molecule has 1 saturated heterocycles. The molecule has 5 nitrogen and oxygen atoms in total. The van der Waals surface area contributed by atoms with Crippen molar-refractivity contribution in [1.82, 2.24) is 4.90 Å². The van der Waals surface area contributed by atoms with E-state index in [1.165, 1.54) is 0 Å². The van der Waals surface area contributed by atoms with E-state index in [0.29, 0.717) is 26.1 Å². The molecule has 0 bridgehead atoms. The van der Waals surface area contributed by atoms with Gasteiger partial charge in [-0.25, -0.2) is 4.79 Å². The second-order valence-electron chi connectivity index (χ2n) is 7.41. The summed E-state index contributed by atoms with van der Waals surface area (Å²) in [6.45, 7) is 6.55. The Bertz CT molecular complexity index is 674. The first-order chi connectivity index (χ1) is 11.3. The van der Waals surface area contributed by atoms with Gasteiger partial charge in [0.25, 0.3) is 0 Å². The second-order valence-corrected chi connectivity index (χ2v) is 7.41. The number of ether oxygens (including phenoxy) is 2. The molecule has 1 unspecified atom stereocenters. The fraction of sp³-hybridized carbons (Fsp3) is 0.474. The average Bonchev–Trinajstić information content (AvgIpc) is 2.83. The minimum Gasteiger partial charge on any atom is -0.460 e. The van der Waals surface area contributed by atoms with Crippen molar-refractivity contribution in [1.29, 1.82) is 0 Å². The third-order valence-corrected chi connectivity index (χ3v) is 4.38. The maximum Gasteiger partial charge on any atom is 0.410 e. The number of benzene rings is 1. The van der Waals surface area contributed by atoms with E-state index in [0.717, 1.165) is 11.1 Å². The van der Waals surface area contributed by atoms with Crippen LogP contribution in [0.4, 0.5) is 4.79 Å². The monoisotopic (exact) mass is 329 g/mol. The van der Waals surface area contributed by atoms with E-state index < -0.39 is 17.1 Å². The number of fused-ring (bicyclic) bond motifs is 1. The predicted octanol–water partition coefficient (Wildman–Crippen LogP) is 2.95. The van der Waals surface area contributed by atoms with Crippen LogP contribution >= 0.6 is 0 Å². The van der Waals surface area contributed by atoms with Crippen LogP contribution in [0.5, 0.6) is 0 Å². The first-order valence-electron chi connectivity index (χ1n) is 8.19. The Kier molecular flexibility index (Phi) is 4.11. The highest BCUT2D eigenvalue weighted by atomic mass is 16.6. The zero-order chi connectivity index (χ0) is 17.4. The SMILES string of the molecule is CC(C)(C)OC(=O)N1CC=C2COC(=O)C2(Cc2ccccc2)C1. The van der Waals surface area contributed by atoms with E-state index in [1.807, 2.05) is 57.2 Å². The van der Waals surface area contributed by atoms with Crippen LogP contribution in [0.25, 0.3) is 0 Å². The Labute approximate surface area is 142 Å². The Morgan fingerprint density at radius 1 is 1.29 bits per heavy atom. The molecule has 1 aromatic carbocycles. The Morgan fingerprint density at radius 2 is 2.00 bits per heavy atom. The molecular formula is C19H23NO4. The molecule has 1 fully saturated rings. The lowest BCUT2D eigenvalue weighted by Gasteiger charge is -2.37. The van der Waals surface area contributed by atoms with Crippen molar-refractivity contribution >= 4 is 12.1 Å². The quantitative estimate of drug-likeness (QED) is 0.618. The summed E-state index contributed by atoms with van der Waals surface area (Å²) in [5, 5.41) is 0. The molecule has 0 saturated carbocycles. The van der Waals surface area contributed by atoms with E-state index in [-0.39, 0.29) is 5.97 Å². The summed E-state index contributed by atoms with van der Waals surface area (Å²) in [6, 6.07) is 9.82. The van der Waals surface area contributed by atoms with E-state index >= 15 is 0 Å². The zero-order valence-corrected chi connectivity index (χ0v) is 14.4. The maximum atomic E-state index is 12.5. The minimum absolute atomic E-state index is 0.258. The highest BCUT2D eigenvalue weighted by Crippen LogP contribution is 2.41. The highest BCUT2D eigenvalue weighted by molar-refractivity contribution is 5.86. The number of carbonyl (C=O) groups is 2. The Morgan fingerprint density at radius 3 is 2.67 bits per heavy atom. The van der Waals surface area contributed by atoms with Crippen LogP contribution in [0.3, 0.4) is 0 Å². The lowest BCUT2D eigenvalue weighted by atomic mass is 9.74. The number of cyclic esters (lactones) is 1. The van der Waals surface area contributed by atoms with Crippen LogP contribution < -0.4 is 0 Å². The first kappa shape index (κ1) is 16.6. The van der Waals surface area contributed by atoms with E-state index in [1.54, 1.807) is 4.90 Å². The van der Waals surface area contributed by atoms with E-state index in [4.69, 9.17) is 9.47 Å². The highest BCUT2D eigenvalue weighted by Gasteiger charge is 2.52.